The van der Waals surface area contributed by atoms with Gasteiger partial charge in [-0.2, -0.15) is 0 Å². The van der Waals surface area contributed by atoms with Crippen molar-refractivity contribution in [1.29, 1.82) is 0 Å². The van der Waals surface area contributed by atoms with Crippen molar-refractivity contribution in [2.75, 3.05) is 17.7 Å². The van der Waals surface area contributed by atoms with E-state index >= 15 is 0 Å². The van der Waals surface area contributed by atoms with Crippen molar-refractivity contribution in [3.8, 4) is 0 Å². The molecule has 0 atom stereocenters. The lowest BCUT2D eigenvalue weighted by atomic mass is 9.93. The SMILES string of the molecule is CNc1ncc(C(C)(C)N)c2cc(Nc3ccc4c(n3)CCCC4=O)ncc12. The van der Waals surface area contributed by atoms with Crippen molar-refractivity contribution in [3.05, 3.63) is 47.4 Å². The zero-order valence-corrected chi connectivity index (χ0v) is 16.3. The van der Waals surface area contributed by atoms with Gasteiger partial charge >= 0.3 is 0 Å². The third-order valence-electron chi connectivity index (χ3n) is 5.05. The lowest BCUT2D eigenvalue weighted by Crippen LogP contribution is -2.29. The van der Waals surface area contributed by atoms with Crippen molar-refractivity contribution in [1.82, 2.24) is 15.0 Å². The number of aryl methyl sites for hydroxylation is 1. The number of Topliss-reactive ketones (excluding diaryl/α,β-unsaturated/α-hetero) is 1. The Morgan fingerprint density at radius 3 is 2.64 bits per heavy atom. The monoisotopic (exact) mass is 376 g/mol. The first-order chi connectivity index (χ1) is 13.4. The Labute approximate surface area is 163 Å². The lowest BCUT2D eigenvalue weighted by Gasteiger charge is -2.22. The van der Waals surface area contributed by atoms with Crippen LogP contribution >= 0.6 is 0 Å². The van der Waals surface area contributed by atoms with Crippen LogP contribution in [-0.2, 0) is 12.0 Å². The summed E-state index contributed by atoms with van der Waals surface area (Å²) in [5.41, 5.74) is 8.35. The van der Waals surface area contributed by atoms with E-state index in [1.165, 1.54) is 0 Å². The molecule has 4 rings (SSSR count). The Kier molecular flexibility index (Phi) is 4.47. The zero-order valence-electron chi connectivity index (χ0n) is 16.3. The van der Waals surface area contributed by atoms with Crippen molar-refractivity contribution >= 4 is 34.0 Å². The first kappa shape index (κ1) is 18.3. The number of hydrogen-bond acceptors (Lipinski definition) is 7. The summed E-state index contributed by atoms with van der Waals surface area (Å²) in [5.74, 6) is 2.27. The predicted octanol–water partition coefficient (Wildman–Crippen LogP) is 3.52. The van der Waals surface area contributed by atoms with Gasteiger partial charge in [0.15, 0.2) is 5.78 Å². The molecule has 0 saturated heterocycles. The van der Waals surface area contributed by atoms with Gasteiger partial charge < -0.3 is 16.4 Å². The summed E-state index contributed by atoms with van der Waals surface area (Å²) in [6, 6.07) is 5.64. The highest BCUT2D eigenvalue weighted by atomic mass is 16.1. The summed E-state index contributed by atoms with van der Waals surface area (Å²) < 4.78 is 0. The van der Waals surface area contributed by atoms with Crippen LogP contribution in [0, 0.1) is 0 Å². The topological polar surface area (TPSA) is 106 Å². The minimum Gasteiger partial charge on any atom is -0.373 e. The van der Waals surface area contributed by atoms with E-state index in [1.54, 1.807) is 12.4 Å². The largest absolute Gasteiger partial charge is 0.373 e. The maximum atomic E-state index is 12.0. The summed E-state index contributed by atoms with van der Waals surface area (Å²) in [6.07, 6.45) is 5.87. The number of hydrogen-bond donors (Lipinski definition) is 3. The number of nitrogens with zero attached hydrogens (tertiary/aromatic N) is 3. The Hall–Kier alpha value is -3.06. The molecular formula is C21H24N6O. The zero-order chi connectivity index (χ0) is 19.9. The fourth-order valence-corrected chi connectivity index (χ4v) is 3.61. The first-order valence-electron chi connectivity index (χ1n) is 9.43. The number of carbonyl (C=O) groups is 1. The van der Waals surface area contributed by atoms with Gasteiger partial charge in [0.05, 0.1) is 5.69 Å². The summed E-state index contributed by atoms with van der Waals surface area (Å²) in [5, 5.41) is 8.26. The number of nitrogens with one attached hydrogen (secondary N) is 2. The molecule has 3 aromatic heterocycles. The normalized spacial score (nSPS) is 14.1. The molecule has 0 bridgehead atoms. The van der Waals surface area contributed by atoms with Gasteiger partial charge in [0, 0.05) is 42.4 Å². The molecule has 0 aliphatic heterocycles. The van der Waals surface area contributed by atoms with Crippen LogP contribution in [-0.4, -0.2) is 27.8 Å². The number of fused-ring (bicyclic) bond motifs is 2. The van der Waals surface area contributed by atoms with Crippen LogP contribution in [0.2, 0.25) is 0 Å². The van der Waals surface area contributed by atoms with Gasteiger partial charge in [-0.25, -0.2) is 15.0 Å². The van der Waals surface area contributed by atoms with Crippen LogP contribution < -0.4 is 16.4 Å². The first-order valence-corrected chi connectivity index (χ1v) is 9.43. The standard InChI is InChI=1S/C21H24N6O/c1-21(2,22)15-11-25-20(23-3)14-10-24-19(9-13(14)15)27-18-8-7-12-16(26-18)5-4-6-17(12)28/h7-11H,4-6,22H2,1-3H3,(H,23,25)(H,24,26,27). The molecule has 28 heavy (non-hydrogen) atoms. The van der Waals surface area contributed by atoms with Crippen molar-refractivity contribution in [2.24, 2.45) is 5.73 Å². The number of pyridine rings is 3. The predicted molar refractivity (Wildman–Crippen MR) is 111 cm³/mol. The Morgan fingerprint density at radius 1 is 1.07 bits per heavy atom. The van der Waals surface area contributed by atoms with Crippen LogP contribution in [0.5, 0.6) is 0 Å². The van der Waals surface area contributed by atoms with Gasteiger partial charge in [-0.3, -0.25) is 4.79 Å². The second-order valence-electron chi connectivity index (χ2n) is 7.70. The van der Waals surface area contributed by atoms with Crippen LogP contribution in [0.1, 0.15) is 48.3 Å². The molecule has 4 N–H and O–H groups in total. The highest BCUT2D eigenvalue weighted by molar-refractivity contribution is 5.98. The minimum absolute atomic E-state index is 0.172. The molecule has 1 aliphatic carbocycles. The number of rotatable bonds is 4. The van der Waals surface area contributed by atoms with E-state index in [4.69, 9.17) is 5.73 Å². The Bertz CT molecular complexity index is 1070. The van der Waals surface area contributed by atoms with Crippen molar-refractivity contribution in [3.63, 3.8) is 0 Å². The third-order valence-corrected chi connectivity index (χ3v) is 5.05. The number of aromatic nitrogens is 3. The van der Waals surface area contributed by atoms with Gasteiger partial charge in [-0.15, -0.1) is 0 Å². The molecule has 0 radical (unpaired) electrons. The molecule has 0 aromatic carbocycles. The highest BCUT2D eigenvalue weighted by Crippen LogP contribution is 2.31. The number of carbonyl (C=O) groups excluding carboxylic acids is 1. The second-order valence-corrected chi connectivity index (χ2v) is 7.70. The van der Waals surface area contributed by atoms with Gasteiger partial charge in [-0.05, 0) is 55.8 Å². The highest BCUT2D eigenvalue weighted by Gasteiger charge is 2.21. The van der Waals surface area contributed by atoms with Crippen LogP contribution in [0.15, 0.2) is 30.6 Å². The smallest absolute Gasteiger partial charge is 0.164 e. The number of nitrogens with two attached hydrogens (primary N) is 1. The van der Waals surface area contributed by atoms with Crippen LogP contribution in [0.4, 0.5) is 17.5 Å². The molecule has 0 saturated carbocycles. The molecule has 0 fully saturated rings. The lowest BCUT2D eigenvalue weighted by molar-refractivity contribution is 0.0971. The van der Waals surface area contributed by atoms with E-state index in [-0.39, 0.29) is 5.78 Å². The van der Waals surface area contributed by atoms with Crippen LogP contribution in [0.3, 0.4) is 0 Å². The van der Waals surface area contributed by atoms with Crippen molar-refractivity contribution < 1.29 is 4.79 Å². The summed E-state index contributed by atoms with van der Waals surface area (Å²) in [6.45, 7) is 3.91. The fourth-order valence-electron chi connectivity index (χ4n) is 3.61. The average molecular weight is 376 g/mol. The maximum absolute atomic E-state index is 12.0. The van der Waals surface area contributed by atoms with Crippen LogP contribution in [0.25, 0.3) is 10.8 Å². The molecule has 7 heteroatoms. The van der Waals surface area contributed by atoms with E-state index in [9.17, 15) is 4.79 Å². The summed E-state index contributed by atoms with van der Waals surface area (Å²) >= 11 is 0. The number of ketones is 1. The molecule has 7 nitrogen and oxygen atoms in total. The van der Waals surface area contributed by atoms with Gasteiger partial charge in [0.1, 0.15) is 17.5 Å². The summed E-state index contributed by atoms with van der Waals surface area (Å²) in [7, 11) is 1.83. The van der Waals surface area contributed by atoms with E-state index in [0.717, 1.165) is 46.3 Å². The molecule has 0 spiro atoms. The number of anilines is 3. The molecule has 0 amide bonds. The average Bonchev–Trinajstić information content (AvgIpc) is 2.66. The van der Waals surface area contributed by atoms with E-state index in [1.807, 2.05) is 39.1 Å². The Balaban J connectivity index is 1.75. The molecule has 144 valence electrons. The minimum atomic E-state index is -0.541. The molecule has 3 aromatic rings. The van der Waals surface area contributed by atoms with E-state index < -0.39 is 5.54 Å². The van der Waals surface area contributed by atoms with Gasteiger partial charge in [-0.1, -0.05) is 0 Å². The quantitative estimate of drug-likeness (QED) is 0.639. The second kappa shape index (κ2) is 6.83. The van der Waals surface area contributed by atoms with Crippen molar-refractivity contribution in [2.45, 2.75) is 38.6 Å². The molecule has 3 heterocycles. The Morgan fingerprint density at radius 2 is 1.89 bits per heavy atom. The fraction of sp³-hybridized carbons (Fsp3) is 0.333. The van der Waals surface area contributed by atoms with Gasteiger partial charge in [0.2, 0.25) is 0 Å². The summed E-state index contributed by atoms with van der Waals surface area (Å²) in [4.78, 5) is 25.6. The maximum Gasteiger partial charge on any atom is 0.164 e. The molecule has 0 unspecified atom stereocenters. The van der Waals surface area contributed by atoms with E-state index in [2.05, 4.69) is 25.6 Å². The molecular weight excluding hydrogens is 352 g/mol. The third kappa shape index (κ3) is 3.29. The molecule has 1 aliphatic rings. The van der Waals surface area contributed by atoms with Gasteiger partial charge in [0.25, 0.3) is 0 Å². The van der Waals surface area contributed by atoms with E-state index in [0.29, 0.717) is 18.1 Å².